The molecule has 0 aromatic carbocycles. The summed E-state index contributed by atoms with van der Waals surface area (Å²) in [6.07, 6.45) is -0.854. The number of esters is 1. The predicted octanol–water partition coefficient (Wildman–Crippen LogP) is 3.45. The molecule has 3 aromatic heterocycles. The smallest absolute Gasteiger partial charge is 0.437 e. The molecule has 1 saturated carbocycles. The third-order valence-electron chi connectivity index (χ3n) is 6.00. The largest absolute Gasteiger partial charge is 0.490 e. The van der Waals surface area contributed by atoms with Crippen molar-refractivity contribution in [1.82, 2.24) is 24.8 Å². The number of carbonyl (C=O) groups excluding carboxylic acids is 2. The van der Waals surface area contributed by atoms with E-state index >= 15 is 0 Å². The second kappa shape index (κ2) is 8.73. The number of amides is 1. The number of imidazole rings is 1. The van der Waals surface area contributed by atoms with Gasteiger partial charge in [0.05, 0.1) is 17.8 Å². The summed E-state index contributed by atoms with van der Waals surface area (Å²) in [5.74, 6) is -3.27. The number of hydrogen-bond donors (Lipinski definition) is 2. The lowest BCUT2D eigenvalue weighted by atomic mass is 9.84. The Kier molecular flexibility index (Phi) is 5.97. The topological polar surface area (TPSA) is 126 Å². The Labute approximate surface area is 185 Å². The van der Waals surface area contributed by atoms with Gasteiger partial charge in [0.15, 0.2) is 5.82 Å². The van der Waals surface area contributed by atoms with Gasteiger partial charge in [-0.1, -0.05) is 0 Å². The number of pyridine rings is 1. The monoisotopic (exact) mass is 462 g/mol. The molecule has 1 atom stereocenters. The van der Waals surface area contributed by atoms with Crippen molar-refractivity contribution in [2.24, 2.45) is 5.92 Å². The van der Waals surface area contributed by atoms with Gasteiger partial charge in [-0.2, -0.15) is 18.4 Å². The molecule has 33 heavy (non-hydrogen) atoms. The van der Waals surface area contributed by atoms with E-state index in [2.05, 4.69) is 31.1 Å². The van der Waals surface area contributed by atoms with Crippen molar-refractivity contribution < 1.29 is 27.5 Å². The Hall–Kier alpha value is -3.62. The molecule has 0 radical (unpaired) electrons. The van der Waals surface area contributed by atoms with E-state index in [9.17, 15) is 22.8 Å². The SMILES string of the molecule is CNC(=O)C(OC(=O)C(F)(F)F)c1nc2cnc3[nH]ccc3c2n1[C@H]1CC[C@H](CC#N)CC1. The molecular formula is C21H21F3N6O3. The summed E-state index contributed by atoms with van der Waals surface area (Å²) in [6, 6.07) is 3.73. The second-order valence-corrected chi connectivity index (χ2v) is 8.01. The van der Waals surface area contributed by atoms with Crippen LogP contribution in [0.25, 0.3) is 22.1 Å². The van der Waals surface area contributed by atoms with Crippen molar-refractivity contribution in [3.05, 3.63) is 24.3 Å². The van der Waals surface area contributed by atoms with Crippen LogP contribution in [0.1, 0.15) is 50.1 Å². The van der Waals surface area contributed by atoms with Crippen LogP contribution in [-0.2, 0) is 14.3 Å². The highest BCUT2D eigenvalue weighted by molar-refractivity contribution is 6.01. The first-order valence-corrected chi connectivity index (χ1v) is 10.4. The van der Waals surface area contributed by atoms with Crippen molar-refractivity contribution in [2.45, 2.75) is 50.4 Å². The van der Waals surface area contributed by atoms with E-state index in [4.69, 9.17) is 5.26 Å². The van der Waals surface area contributed by atoms with Crippen LogP contribution >= 0.6 is 0 Å². The first-order chi connectivity index (χ1) is 15.7. The summed E-state index contributed by atoms with van der Waals surface area (Å²) in [4.78, 5) is 35.9. The fraction of sp³-hybridized carbons (Fsp3) is 0.476. The van der Waals surface area contributed by atoms with E-state index in [0.29, 0.717) is 41.3 Å². The molecule has 1 aliphatic rings. The van der Waals surface area contributed by atoms with Crippen LogP contribution in [0.5, 0.6) is 0 Å². The number of halogens is 3. The summed E-state index contributed by atoms with van der Waals surface area (Å²) in [7, 11) is 1.24. The van der Waals surface area contributed by atoms with Gasteiger partial charge in [0.1, 0.15) is 11.2 Å². The van der Waals surface area contributed by atoms with E-state index < -0.39 is 24.2 Å². The maximum absolute atomic E-state index is 13.0. The lowest BCUT2D eigenvalue weighted by molar-refractivity contribution is -0.206. The van der Waals surface area contributed by atoms with Gasteiger partial charge in [-0.3, -0.25) is 4.79 Å². The Bertz CT molecular complexity index is 1230. The number of aromatic amines is 1. The van der Waals surface area contributed by atoms with Crippen molar-refractivity contribution >= 4 is 33.9 Å². The van der Waals surface area contributed by atoms with Crippen LogP contribution in [0.4, 0.5) is 13.2 Å². The van der Waals surface area contributed by atoms with E-state index in [1.807, 2.05) is 0 Å². The van der Waals surface area contributed by atoms with Crippen LogP contribution < -0.4 is 5.32 Å². The van der Waals surface area contributed by atoms with Gasteiger partial charge in [-0.25, -0.2) is 14.8 Å². The van der Waals surface area contributed by atoms with E-state index in [-0.39, 0.29) is 17.8 Å². The molecule has 3 heterocycles. The van der Waals surface area contributed by atoms with Crippen LogP contribution in [0, 0.1) is 17.2 Å². The number of hydrogen-bond acceptors (Lipinski definition) is 6. The number of nitrogens with zero attached hydrogens (tertiary/aromatic N) is 4. The first kappa shape index (κ1) is 22.6. The fourth-order valence-electron chi connectivity index (χ4n) is 4.43. The van der Waals surface area contributed by atoms with Crippen molar-refractivity contribution in [2.75, 3.05) is 7.05 Å². The maximum Gasteiger partial charge on any atom is 0.490 e. The lowest BCUT2D eigenvalue weighted by Gasteiger charge is -2.31. The molecule has 0 bridgehead atoms. The Balaban J connectivity index is 1.86. The minimum absolute atomic E-state index is 0.0961. The molecule has 12 heteroatoms. The quantitative estimate of drug-likeness (QED) is 0.560. The van der Waals surface area contributed by atoms with Gasteiger partial charge >= 0.3 is 12.1 Å². The van der Waals surface area contributed by atoms with Gasteiger partial charge in [-0.15, -0.1) is 0 Å². The minimum Gasteiger partial charge on any atom is -0.437 e. The van der Waals surface area contributed by atoms with Gasteiger partial charge < -0.3 is 19.6 Å². The summed E-state index contributed by atoms with van der Waals surface area (Å²) in [5.41, 5.74) is 1.52. The zero-order valence-electron chi connectivity index (χ0n) is 17.6. The number of nitrogens with one attached hydrogen (secondary N) is 2. The molecule has 0 spiro atoms. The van der Waals surface area contributed by atoms with Crippen molar-refractivity contribution in [1.29, 1.82) is 5.26 Å². The molecule has 1 fully saturated rings. The highest BCUT2D eigenvalue weighted by Gasteiger charge is 2.45. The van der Waals surface area contributed by atoms with Crippen LogP contribution in [0.15, 0.2) is 18.5 Å². The number of carbonyl (C=O) groups is 2. The molecule has 0 aliphatic heterocycles. The lowest BCUT2D eigenvalue weighted by Crippen LogP contribution is -2.36. The van der Waals surface area contributed by atoms with Crippen molar-refractivity contribution in [3.63, 3.8) is 0 Å². The Morgan fingerprint density at radius 2 is 2.09 bits per heavy atom. The number of H-pyrrole nitrogens is 1. The number of rotatable bonds is 5. The molecule has 174 valence electrons. The number of ether oxygens (including phenoxy) is 1. The molecule has 1 amide bonds. The standard InChI is InChI=1S/C21H21F3N6O3/c1-26-19(31)16(33-20(32)21(22,23)24)18-29-14-10-28-17-13(7-9-27-17)15(14)30(18)12-4-2-11(3-5-12)6-8-25/h7,9-12,16H,2-6H2,1H3,(H,26,31)(H,27,28)/t11-,12-,16?. The zero-order valence-corrected chi connectivity index (χ0v) is 17.6. The minimum atomic E-state index is -5.27. The average molecular weight is 462 g/mol. The Morgan fingerprint density at radius 3 is 2.73 bits per heavy atom. The highest BCUT2D eigenvalue weighted by Crippen LogP contribution is 2.39. The summed E-state index contributed by atoms with van der Waals surface area (Å²) in [6.45, 7) is 0. The third-order valence-corrected chi connectivity index (χ3v) is 6.00. The summed E-state index contributed by atoms with van der Waals surface area (Å²) in [5, 5.41) is 11.9. The van der Waals surface area contributed by atoms with Gasteiger partial charge in [0.25, 0.3) is 5.91 Å². The summed E-state index contributed by atoms with van der Waals surface area (Å²) < 4.78 is 45.2. The van der Waals surface area contributed by atoms with Crippen molar-refractivity contribution in [3.8, 4) is 6.07 Å². The molecule has 4 rings (SSSR count). The van der Waals surface area contributed by atoms with Crippen LogP contribution in [0.2, 0.25) is 0 Å². The van der Waals surface area contributed by atoms with Gasteiger partial charge in [-0.05, 0) is 37.7 Å². The maximum atomic E-state index is 13.0. The number of fused-ring (bicyclic) bond motifs is 3. The highest BCUT2D eigenvalue weighted by atomic mass is 19.4. The average Bonchev–Trinajstić information content (AvgIpc) is 3.41. The van der Waals surface area contributed by atoms with Gasteiger partial charge in [0.2, 0.25) is 6.10 Å². The summed E-state index contributed by atoms with van der Waals surface area (Å²) >= 11 is 0. The molecular weight excluding hydrogens is 441 g/mol. The number of aromatic nitrogens is 4. The molecule has 1 unspecified atom stereocenters. The fourth-order valence-corrected chi connectivity index (χ4v) is 4.43. The number of likely N-dealkylation sites (N-methyl/N-ethyl adjacent to an activating group) is 1. The zero-order chi connectivity index (χ0) is 23.8. The molecule has 0 saturated heterocycles. The predicted molar refractivity (Wildman–Crippen MR) is 110 cm³/mol. The van der Waals surface area contributed by atoms with Crippen LogP contribution in [-0.4, -0.2) is 44.6 Å². The number of nitriles is 1. The molecule has 3 aromatic rings. The normalized spacial score (nSPS) is 19.8. The van der Waals surface area contributed by atoms with E-state index in [1.165, 1.54) is 13.2 Å². The third kappa shape index (κ3) is 4.22. The van der Waals surface area contributed by atoms with Gasteiger partial charge in [0, 0.05) is 31.1 Å². The molecule has 1 aliphatic carbocycles. The first-order valence-electron chi connectivity index (χ1n) is 10.4. The Morgan fingerprint density at radius 1 is 1.36 bits per heavy atom. The number of alkyl halides is 3. The molecule has 2 N–H and O–H groups in total. The van der Waals surface area contributed by atoms with E-state index in [1.54, 1.807) is 16.8 Å². The van der Waals surface area contributed by atoms with Crippen LogP contribution in [0.3, 0.4) is 0 Å². The molecule has 9 nitrogen and oxygen atoms in total. The second-order valence-electron chi connectivity index (χ2n) is 8.01. The van der Waals surface area contributed by atoms with E-state index in [0.717, 1.165) is 12.8 Å².